The Balaban J connectivity index is 2.98. The lowest BCUT2D eigenvalue weighted by molar-refractivity contribution is 0.603. The Morgan fingerprint density at radius 3 is 2.20 bits per heavy atom. The number of hydrogen-bond donors (Lipinski definition) is 1. The number of unbranched alkanes of at least 4 members (excludes halogenated alkanes) is 6. The Hall–Kier alpha value is 0.310. The summed E-state index contributed by atoms with van der Waals surface area (Å²) in [5.41, 5.74) is 5.51. The van der Waals surface area contributed by atoms with Crippen LogP contribution < -0.4 is 5.73 Å². The van der Waals surface area contributed by atoms with E-state index in [1.54, 1.807) is 0 Å². The van der Waals surface area contributed by atoms with Gasteiger partial charge in [-0.15, -0.1) is 0 Å². The molecule has 0 aromatic rings. The molecular weight excluding hydrogens is 202 g/mol. The first-order valence-corrected chi connectivity index (χ1v) is 7.67. The lowest BCUT2D eigenvalue weighted by atomic mass is 10.1. The topological polar surface area (TPSA) is 26.0 Å². The van der Waals surface area contributed by atoms with Crippen LogP contribution in [0.1, 0.15) is 65.2 Å². The number of thioether (sulfide) groups is 1. The van der Waals surface area contributed by atoms with Crippen molar-refractivity contribution in [3.8, 4) is 0 Å². The summed E-state index contributed by atoms with van der Waals surface area (Å²) < 4.78 is 0. The summed E-state index contributed by atoms with van der Waals surface area (Å²) in [6.07, 6.45) is 11.1. The van der Waals surface area contributed by atoms with Crippen molar-refractivity contribution in [1.29, 1.82) is 0 Å². The molecule has 92 valence electrons. The Morgan fingerprint density at radius 2 is 1.60 bits per heavy atom. The molecule has 0 amide bonds. The Morgan fingerprint density at radius 1 is 1.00 bits per heavy atom. The highest BCUT2D eigenvalue weighted by Crippen LogP contribution is 2.16. The molecular formula is C13H29NS. The van der Waals surface area contributed by atoms with E-state index in [-0.39, 0.29) is 0 Å². The Bertz CT molecular complexity index is 117. The highest BCUT2D eigenvalue weighted by Gasteiger charge is 2.00. The third kappa shape index (κ3) is 12.2. The van der Waals surface area contributed by atoms with Crippen LogP contribution in [-0.4, -0.2) is 17.5 Å². The van der Waals surface area contributed by atoms with Gasteiger partial charge < -0.3 is 5.73 Å². The molecule has 0 spiro atoms. The van der Waals surface area contributed by atoms with Crippen LogP contribution in [0.5, 0.6) is 0 Å². The summed E-state index contributed by atoms with van der Waals surface area (Å²) >= 11 is 2.09. The van der Waals surface area contributed by atoms with E-state index < -0.39 is 0 Å². The molecule has 0 aliphatic heterocycles. The normalized spacial score (nSPS) is 13.0. The van der Waals surface area contributed by atoms with E-state index in [1.165, 1.54) is 57.1 Å². The molecule has 0 radical (unpaired) electrons. The van der Waals surface area contributed by atoms with Gasteiger partial charge in [0.2, 0.25) is 0 Å². The van der Waals surface area contributed by atoms with Gasteiger partial charge in [0, 0.05) is 5.25 Å². The lowest BCUT2D eigenvalue weighted by Gasteiger charge is -2.08. The van der Waals surface area contributed by atoms with E-state index in [2.05, 4.69) is 25.6 Å². The minimum atomic E-state index is 0.759. The summed E-state index contributed by atoms with van der Waals surface area (Å²) in [6.45, 7) is 5.40. The van der Waals surface area contributed by atoms with Gasteiger partial charge in [-0.25, -0.2) is 0 Å². The molecule has 0 heterocycles. The fourth-order valence-electron chi connectivity index (χ4n) is 1.66. The largest absolute Gasteiger partial charge is 0.330 e. The molecule has 0 bridgehead atoms. The third-order valence-electron chi connectivity index (χ3n) is 2.72. The van der Waals surface area contributed by atoms with Gasteiger partial charge in [-0.05, 0) is 25.1 Å². The maximum absolute atomic E-state index is 5.51. The van der Waals surface area contributed by atoms with E-state index in [9.17, 15) is 0 Å². The number of hydrogen-bond acceptors (Lipinski definition) is 2. The molecule has 0 fully saturated rings. The monoisotopic (exact) mass is 231 g/mol. The molecule has 15 heavy (non-hydrogen) atoms. The molecule has 0 aliphatic carbocycles. The van der Waals surface area contributed by atoms with Crippen LogP contribution in [0.25, 0.3) is 0 Å². The van der Waals surface area contributed by atoms with Gasteiger partial charge in [-0.3, -0.25) is 0 Å². The Labute approximate surface area is 101 Å². The molecule has 2 N–H and O–H groups in total. The summed E-state index contributed by atoms with van der Waals surface area (Å²) in [4.78, 5) is 0. The maximum atomic E-state index is 5.51. The molecule has 1 atom stereocenters. The SMILES string of the molecule is CCCCCCCCCSC(C)CCN. The summed E-state index contributed by atoms with van der Waals surface area (Å²) in [5, 5.41) is 0.759. The number of rotatable bonds is 11. The minimum absolute atomic E-state index is 0.759. The molecule has 2 heteroatoms. The molecule has 1 nitrogen and oxygen atoms in total. The second-order valence-electron chi connectivity index (χ2n) is 4.38. The molecule has 0 rings (SSSR count). The van der Waals surface area contributed by atoms with E-state index in [1.807, 2.05) is 0 Å². The van der Waals surface area contributed by atoms with Crippen LogP contribution in [0, 0.1) is 0 Å². The number of nitrogens with two attached hydrogens (primary N) is 1. The van der Waals surface area contributed by atoms with Crippen molar-refractivity contribution in [1.82, 2.24) is 0 Å². The van der Waals surface area contributed by atoms with Crippen LogP contribution in [0.4, 0.5) is 0 Å². The van der Waals surface area contributed by atoms with E-state index in [0.717, 1.165) is 11.8 Å². The van der Waals surface area contributed by atoms with Crippen molar-refractivity contribution in [3.05, 3.63) is 0 Å². The average molecular weight is 231 g/mol. The lowest BCUT2D eigenvalue weighted by Crippen LogP contribution is -2.07. The zero-order valence-corrected chi connectivity index (χ0v) is 11.5. The first-order chi connectivity index (χ1) is 7.31. The van der Waals surface area contributed by atoms with E-state index >= 15 is 0 Å². The third-order valence-corrected chi connectivity index (χ3v) is 4.05. The van der Waals surface area contributed by atoms with Gasteiger partial charge in [0.25, 0.3) is 0 Å². The zero-order chi connectivity index (χ0) is 11.4. The van der Waals surface area contributed by atoms with Crippen LogP contribution in [0.2, 0.25) is 0 Å². The van der Waals surface area contributed by atoms with Crippen LogP contribution in [0.3, 0.4) is 0 Å². The first-order valence-electron chi connectivity index (χ1n) is 6.63. The quantitative estimate of drug-likeness (QED) is 0.539. The fourth-order valence-corrected chi connectivity index (χ4v) is 2.74. The van der Waals surface area contributed by atoms with Gasteiger partial charge in [0.1, 0.15) is 0 Å². The summed E-state index contributed by atoms with van der Waals surface area (Å²) in [5.74, 6) is 1.33. The average Bonchev–Trinajstić information content (AvgIpc) is 2.22. The fraction of sp³-hybridized carbons (Fsp3) is 1.00. The standard InChI is InChI=1S/C13H29NS/c1-3-4-5-6-7-8-9-12-15-13(2)10-11-14/h13H,3-12,14H2,1-2H3. The van der Waals surface area contributed by atoms with Crippen LogP contribution >= 0.6 is 11.8 Å². The molecule has 1 unspecified atom stereocenters. The van der Waals surface area contributed by atoms with Gasteiger partial charge in [-0.2, -0.15) is 11.8 Å². The maximum Gasteiger partial charge on any atom is 0.00307 e. The molecule has 0 saturated carbocycles. The van der Waals surface area contributed by atoms with E-state index in [4.69, 9.17) is 5.73 Å². The van der Waals surface area contributed by atoms with Crippen LogP contribution in [0.15, 0.2) is 0 Å². The smallest absolute Gasteiger partial charge is 0.00307 e. The van der Waals surface area contributed by atoms with Crippen molar-refractivity contribution in [2.45, 2.75) is 70.5 Å². The highest BCUT2D eigenvalue weighted by atomic mass is 32.2. The van der Waals surface area contributed by atoms with Crippen molar-refractivity contribution in [2.24, 2.45) is 5.73 Å². The van der Waals surface area contributed by atoms with Crippen molar-refractivity contribution >= 4 is 11.8 Å². The predicted octanol–water partition coefficient (Wildman–Crippen LogP) is 4.21. The Kier molecular flexibility index (Phi) is 12.6. The van der Waals surface area contributed by atoms with Gasteiger partial charge in [0.05, 0.1) is 0 Å². The van der Waals surface area contributed by atoms with E-state index in [0.29, 0.717) is 0 Å². The van der Waals surface area contributed by atoms with Gasteiger partial charge in [-0.1, -0.05) is 52.4 Å². The highest BCUT2D eigenvalue weighted by molar-refractivity contribution is 7.99. The van der Waals surface area contributed by atoms with Crippen molar-refractivity contribution in [2.75, 3.05) is 12.3 Å². The second kappa shape index (κ2) is 12.4. The van der Waals surface area contributed by atoms with Gasteiger partial charge >= 0.3 is 0 Å². The van der Waals surface area contributed by atoms with Gasteiger partial charge in [0.15, 0.2) is 0 Å². The summed E-state index contributed by atoms with van der Waals surface area (Å²) in [7, 11) is 0. The molecule has 0 aromatic carbocycles. The predicted molar refractivity (Wildman–Crippen MR) is 73.6 cm³/mol. The molecule has 0 aliphatic rings. The second-order valence-corrected chi connectivity index (χ2v) is 5.93. The summed E-state index contributed by atoms with van der Waals surface area (Å²) in [6, 6.07) is 0. The first kappa shape index (κ1) is 15.3. The zero-order valence-electron chi connectivity index (χ0n) is 10.6. The molecule has 0 aromatic heterocycles. The van der Waals surface area contributed by atoms with Crippen LogP contribution in [-0.2, 0) is 0 Å². The van der Waals surface area contributed by atoms with Crippen molar-refractivity contribution in [3.63, 3.8) is 0 Å². The minimum Gasteiger partial charge on any atom is -0.330 e. The van der Waals surface area contributed by atoms with Crippen molar-refractivity contribution < 1.29 is 0 Å². The molecule has 0 saturated heterocycles.